The molecule has 0 spiro atoms. The zero-order chi connectivity index (χ0) is 13.0. The van der Waals surface area contributed by atoms with Gasteiger partial charge >= 0.3 is 0 Å². The van der Waals surface area contributed by atoms with Crippen molar-refractivity contribution in [2.24, 2.45) is 29.4 Å². The van der Waals surface area contributed by atoms with E-state index in [1.54, 1.807) is 5.56 Å². The van der Waals surface area contributed by atoms with E-state index in [4.69, 9.17) is 5.73 Å². The van der Waals surface area contributed by atoms with Crippen molar-refractivity contribution >= 4 is 0 Å². The van der Waals surface area contributed by atoms with Crippen molar-refractivity contribution in [1.29, 1.82) is 0 Å². The molecule has 0 amide bonds. The lowest BCUT2D eigenvalue weighted by atomic mass is 9.50. The van der Waals surface area contributed by atoms with Crippen LogP contribution >= 0.6 is 0 Å². The quantitative estimate of drug-likeness (QED) is 0.849. The maximum atomic E-state index is 6.01. The van der Waals surface area contributed by atoms with Crippen molar-refractivity contribution in [2.75, 3.05) is 0 Å². The second kappa shape index (κ2) is 4.34. The predicted octanol–water partition coefficient (Wildman–Crippen LogP) is 3.99. The standard InChI is InChI=1S/C18H25N/c1-11-2-3-17(16(4-11)10-19)18-14-6-12-5-13(8-14)9-15(18)7-12/h2-4,12-15,18H,5-10,19H2,1H3. The highest BCUT2D eigenvalue weighted by atomic mass is 14.6. The molecule has 5 rings (SSSR count). The lowest BCUT2D eigenvalue weighted by molar-refractivity contribution is -0.00305. The van der Waals surface area contributed by atoms with Gasteiger partial charge in [0, 0.05) is 6.54 Å². The normalized spacial score (nSPS) is 39.8. The molecule has 0 aromatic heterocycles. The van der Waals surface area contributed by atoms with E-state index in [9.17, 15) is 0 Å². The molecule has 102 valence electrons. The van der Waals surface area contributed by atoms with Gasteiger partial charge in [-0.15, -0.1) is 0 Å². The van der Waals surface area contributed by atoms with Crippen molar-refractivity contribution in [3.63, 3.8) is 0 Å². The molecule has 4 fully saturated rings. The lowest BCUT2D eigenvalue weighted by Gasteiger charge is -2.55. The summed E-state index contributed by atoms with van der Waals surface area (Å²) in [7, 11) is 0. The van der Waals surface area contributed by atoms with Gasteiger partial charge in [-0.1, -0.05) is 23.8 Å². The molecule has 4 aliphatic rings. The van der Waals surface area contributed by atoms with Crippen molar-refractivity contribution in [3.8, 4) is 0 Å². The minimum Gasteiger partial charge on any atom is -0.326 e. The molecule has 1 aromatic carbocycles. The third kappa shape index (κ3) is 1.86. The first-order valence-corrected chi connectivity index (χ1v) is 8.04. The van der Waals surface area contributed by atoms with Gasteiger partial charge in [0.1, 0.15) is 0 Å². The van der Waals surface area contributed by atoms with Crippen LogP contribution in [-0.2, 0) is 6.54 Å². The summed E-state index contributed by atoms with van der Waals surface area (Å²) in [5.41, 5.74) is 10.4. The monoisotopic (exact) mass is 255 g/mol. The van der Waals surface area contributed by atoms with E-state index in [2.05, 4.69) is 25.1 Å². The number of benzene rings is 1. The fourth-order valence-electron chi connectivity index (χ4n) is 5.67. The summed E-state index contributed by atoms with van der Waals surface area (Å²) in [5.74, 6) is 4.87. The number of hydrogen-bond acceptors (Lipinski definition) is 1. The SMILES string of the molecule is Cc1ccc(C2C3CC4CC(C3)CC2C4)c(CN)c1. The van der Waals surface area contributed by atoms with Crippen molar-refractivity contribution in [3.05, 3.63) is 34.9 Å². The summed E-state index contributed by atoms with van der Waals surface area (Å²) in [6.45, 7) is 2.89. The van der Waals surface area contributed by atoms with E-state index >= 15 is 0 Å². The summed E-state index contributed by atoms with van der Waals surface area (Å²) in [4.78, 5) is 0. The van der Waals surface area contributed by atoms with Crippen LogP contribution in [0.4, 0.5) is 0 Å². The molecule has 1 heteroatoms. The van der Waals surface area contributed by atoms with Gasteiger partial charge in [0.05, 0.1) is 0 Å². The summed E-state index contributed by atoms with van der Waals surface area (Å²) in [5, 5.41) is 0. The van der Waals surface area contributed by atoms with E-state index in [1.807, 2.05) is 0 Å². The summed E-state index contributed by atoms with van der Waals surface area (Å²) >= 11 is 0. The molecule has 0 saturated heterocycles. The molecular weight excluding hydrogens is 230 g/mol. The average Bonchev–Trinajstić information content (AvgIpc) is 2.39. The van der Waals surface area contributed by atoms with Crippen LogP contribution in [0.25, 0.3) is 0 Å². The average molecular weight is 255 g/mol. The smallest absolute Gasteiger partial charge is 0.0181 e. The molecule has 1 nitrogen and oxygen atoms in total. The molecule has 0 radical (unpaired) electrons. The van der Waals surface area contributed by atoms with Crippen LogP contribution in [0.3, 0.4) is 0 Å². The van der Waals surface area contributed by atoms with Crippen LogP contribution in [0.15, 0.2) is 18.2 Å². The Labute approximate surface area is 116 Å². The van der Waals surface area contributed by atoms with E-state index in [-0.39, 0.29) is 0 Å². The predicted molar refractivity (Wildman–Crippen MR) is 78.9 cm³/mol. The number of hydrogen-bond donors (Lipinski definition) is 1. The van der Waals surface area contributed by atoms with Gasteiger partial charge < -0.3 is 5.73 Å². The van der Waals surface area contributed by atoms with Crippen molar-refractivity contribution in [1.82, 2.24) is 0 Å². The van der Waals surface area contributed by atoms with Gasteiger partial charge in [0.2, 0.25) is 0 Å². The number of rotatable bonds is 2. The maximum Gasteiger partial charge on any atom is 0.0181 e. The topological polar surface area (TPSA) is 26.0 Å². The van der Waals surface area contributed by atoms with Gasteiger partial charge in [-0.2, -0.15) is 0 Å². The fraction of sp³-hybridized carbons (Fsp3) is 0.667. The number of aryl methyl sites for hydroxylation is 1. The van der Waals surface area contributed by atoms with E-state index in [0.717, 1.165) is 29.6 Å². The minimum absolute atomic E-state index is 0.708. The Kier molecular flexibility index (Phi) is 2.73. The first kappa shape index (κ1) is 12.0. The zero-order valence-corrected chi connectivity index (χ0v) is 11.9. The van der Waals surface area contributed by atoms with Crippen LogP contribution in [0.5, 0.6) is 0 Å². The Morgan fingerprint density at radius 3 is 2.21 bits per heavy atom. The highest BCUT2D eigenvalue weighted by Crippen LogP contribution is 2.60. The Balaban J connectivity index is 1.72. The minimum atomic E-state index is 0.708. The Bertz CT molecular complexity index is 462. The molecule has 4 aliphatic carbocycles. The van der Waals surface area contributed by atoms with Gasteiger partial charge in [0.15, 0.2) is 0 Å². The summed E-state index contributed by atoms with van der Waals surface area (Å²) < 4.78 is 0. The molecule has 19 heavy (non-hydrogen) atoms. The van der Waals surface area contributed by atoms with Gasteiger partial charge in [-0.3, -0.25) is 0 Å². The summed E-state index contributed by atoms with van der Waals surface area (Å²) in [6.07, 6.45) is 7.52. The van der Waals surface area contributed by atoms with Crippen LogP contribution in [0.1, 0.15) is 54.7 Å². The van der Waals surface area contributed by atoms with Crippen LogP contribution in [0.2, 0.25) is 0 Å². The number of nitrogens with two attached hydrogens (primary N) is 1. The lowest BCUT2D eigenvalue weighted by Crippen LogP contribution is -2.44. The third-order valence-corrected chi connectivity index (χ3v) is 6.10. The molecule has 4 saturated carbocycles. The molecule has 0 unspecified atom stereocenters. The largest absolute Gasteiger partial charge is 0.326 e. The molecule has 0 aliphatic heterocycles. The second-order valence-corrected chi connectivity index (χ2v) is 7.36. The second-order valence-electron chi connectivity index (χ2n) is 7.36. The molecule has 4 bridgehead atoms. The maximum absolute atomic E-state index is 6.01. The first-order valence-electron chi connectivity index (χ1n) is 8.04. The Hall–Kier alpha value is -0.820. The molecule has 1 aromatic rings. The molecule has 0 atom stereocenters. The van der Waals surface area contributed by atoms with E-state index in [1.165, 1.54) is 43.2 Å². The van der Waals surface area contributed by atoms with Gasteiger partial charge in [-0.25, -0.2) is 0 Å². The van der Waals surface area contributed by atoms with Crippen LogP contribution in [0, 0.1) is 30.6 Å². The highest BCUT2D eigenvalue weighted by molar-refractivity contribution is 5.36. The summed E-state index contributed by atoms with van der Waals surface area (Å²) in [6, 6.07) is 7.00. The zero-order valence-electron chi connectivity index (χ0n) is 11.9. The molecular formula is C18H25N. The van der Waals surface area contributed by atoms with Gasteiger partial charge in [-0.05, 0) is 79.7 Å². The fourth-order valence-corrected chi connectivity index (χ4v) is 5.67. The van der Waals surface area contributed by atoms with E-state index in [0.29, 0.717) is 6.54 Å². The van der Waals surface area contributed by atoms with Crippen LogP contribution in [-0.4, -0.2) is 0 Å². The molecule has 2 N–H and O–H groups in total. The van der Waals surface area contributed by atoms with Crippen molar-refractivity contribution < 1.29 is 0 Å². The van der Waals surface area contributed by atoms with Crippen molar-refractivity contribution in [2.45, 2.75) is 51.5 Å². The first-order chi connectivity index (χ1) is 9.24. The molecule has 0 heterocycles. The van der Waals surface area contributed by atoms with E-state index < -0.39 is 0 Å². The Morgan fingerprint density at radius 1 is 1.00 bits per heavy atom. The highest BCUT2D eigenvalue weighted by Gasteiger charge is 2.48. The van der Waals surface area contributed by atoms with Crippen LogP contribution < -0.4 is 5.73 Å². The Morgan fingerprint density at radius 2 is 1.63 bits per heavy atom. The van der Waals surface area contributed by atoms with Gasteiger partial charge in [0.25, 0.3) is 0 Å². The third-order valence-electron chi connectivity index (χ3n) is 6.10.